The number of carbonyl (C=O) groups excluding carboxylic acids is 3. The number of fused-ring (bicyclic) bond motifs is 1. The Morgan fingerprint density at radius 2 is 1.57 bits per heavy atom. The molecule has 2 aliphatic rings. The van der Waals surface area contributed by atoms with E-state index in [2.05, 4.69) is 47.6 Å². The molecule has 0 radical (unpaired) electrons. The molecule has 10 heteroatoms. The summed E-state index contributed by atoms with van der Waals surface area (Å²) in [4.78, 5) is 39.3. The van der Waals surface area contributed by atoms with E-state index in [9.17, 15) is 14.4 Å². The van der Waals surface area contributed by atoms with Crippen LogP contribution in [0.3, 0.4) is 0 Å². The Hall–Kier alpha value is -4.60. The van der Waals surface area contributed by atoms with E-state index in [1.807, 2.05) is 31.2 Å². The molecule has 0 unspecified atom stereocenters. The first-order chi connectivity index (χ1) is 20.3. The Bertz CT molecular complexity index is 1540. The fraction of sp³-hybridized carbons (Fsp3) is 0.375. The first kappa shape index (κ1) is 28.9. The van der Waals surface area contributed by atoms with Gasteiger partial charge in [-0.2, -0.15) is 5.10 Å². The maximum Gasteiger partial charge on any atom is 0.361 e. The predicted octanol–water partition coefficient (Wildman–Crippen LogP) is 5.07. The summed E-state index contributed by atoms with van der Waals surface area (Å²) < 4.78 is 11.3. The normalized spacial score (nSPS) is 18.9. The number of hydrogen-bond acceptors (Lipinski definition) is 8. The summed E-state index contributed by atoms with van der Waals surface area (Å²) in [6.45, 7) is 7.19. The molecule has 2 heterocycles. The van der Waals surface area contributed by atoms with E-state index in [0.29, 0.717) is 0 Å². The molecule has 5 rings (SSSR count). The van der Waals surface area contributed by atoms with Crippen molar-refractivity contribution in [1.82, 2.24) is 20.0 Å². The maximum absolute atomic E-state index is 14.0. The number of hydrogen-bond donors (Lipinski definition) is 0. The van der Waals surface area contributed by atoms with Gasteiger partial charge in [-0.1, -0.05) is 64.9 Å². The van der Waals surface area contributed by atoms with Crippen molar-refractivity contribution in [3.63, 3.8) is 0 Å². The van der Waals surface area contributed by atoms with E-state index in [4.69, 9.17) is 14.6 Å². The molecule has 0 saturated heterocycles. The van der Waals surface area contributed by atoms with Gasteiger partial charge in [0.15, 0.2) is 5.69 Å². The van der Waals surface area contributed by atoms with Gasteiger partial charge in [-0.15, -0.1) is 5.10 Å². The molecule has 1 saturated carbocycles. The average Bonchev–Trinajstić information content (AvgIpc) is 3.58. The molecule has 42 heavy (non-hydrogen) atoms. The molecular weight excluding hydrogens is 534 g/mol. The highest BCUT2D eigenvalue weighted by Gasteiger charge is 2.44. The Balaban J connectivity index is 1.52. The third-order valence-corrected chi connectivity index (χ3v) is 7.55. The second-order valence-corrected chi connectivity index (χ2v) is 10.5. The van der Waals surface area contributed by atoms with Crippen LogP contribution >= 0.6 is 0 Å². The maximum atomic E-state index is 14.0. The summed E-state index contributed by atoms with van der Waals surface area (Å²) in [6, 6.07) is 16.1. The van der Waals surface area contributed by atoms with Crippen molar-refractivity contribution >= 4 is 29.6 Å². The van der Waals surface area contributed by atoms with Crippen molar-refractivity contribution in [3.05, 3.63) is 87.7 Å². The number of carbonyl (C=O) groups is 3. The van der Waals surface area contributed by atoms with Crippen molar-refractivity contribution in [1.29, 1.82) is 0 Å². The van der Waals surface area contributed by atoms with Crippen LogP contribution in [0.1, 0.15) is 82.4 Å². The van der Waals surface area contributed by atoms with E-state index < -0.39 is 11.9 Å². The van der Waals surface area contributed by atoms with Gasteiger partial charge >= 0.3 is 11.9 Å². The zero-order chi connectivity index (χ0) is 29.8. The first-order valence-electron chi connectivity index (χ1n) is 14.3. The molecule has 0 bridgehead atoms. The molecule has 3 aromatic rings. The summed E-state index contributed by atoms with van der Waals surface area (Å²) in [7, 11) is 0. The largest absolute Gasteiger partial charge is 0.461 e. The minimum Gasteiger partial charge on any atom is -0.461 e. The number of ether oxygens (including phenoxy) is 2. The van der Waals surface area contributed by atoms with Gasteiger partial charge in [-0.3, -0.25) is 4.79 Å². The Morgan fingerprint density at radius 3 is 2.24 bits per heavy atom. The molecule has 1 amide bonds. The van der Waals surface area contributed by atoms with E-state index in [1.165, 1.54) is 10.6 Å². The third kappa shape index (κ3) is 5.88. The molecule has 2 atom stereocenters. The van der Waals surface area contributed by atoms with Crippen LogP contribution in [0.5, 0.6) is 0 Å². The molecule has 1 aliphatic carbocycles. The number of hydrazone groups is 1. The highest BCUT2D eigenvalue weighted by Crippen LogP contribution is 2.44. The van der Waals surface area contributed by atoms with Gasteiger partial charge in [0.05, 0.1) is 25.0 Å². The van der Waals surface area contributed by atoms with Crippen LogP contribution in [0.15, 0.2) is 59.2 Å². The highest BCUT2D eigenvalue weighted by molar-refractivity contribution is 6.08. The molecule has 10 nitrogen and oxygen atoms in total. The van der Waals surface area contributed by atoms with Gasteiger partial charge in [0, 0.05) is 5.92 Å². The quantitative estimate of drug-likeness (QED) is 0.348. The number of benzene rings is 2. The number of nitrogens with zero attached hydrogens (tertiary/aromatic N) is 5. The number of esters is 2. The van der Waals surface area contributed by atoms with Gasteiger partial charge < -0.3 is 9.47 Å². The molecule has 0 N–H and O–H groups in total. The Morgan fingerprint density at radius 1 is 0.929 bits per heavy atom. The molecule has 1 aliphatic heterocycles. The van der Waals surface area contributed by atoms with Gasteiger partial charge in [-0.05, 0) is 69.7 Å². The van der Waals surface area contributed by atoms with Gasteiger partial charge in [-0.25, -0.2) is 19.3 Å². The van der Waals surface area contributed by atoms with E-state index >= 15 is 0 Å². The topological polar surface area (TPSA) is 116 Å². The molecule has 2 aromatic carbocycles. The van der Waals surface area contributed by atoms with Crippen LogP contribution in [0, 0.1) is 19.8 Å². The summed E-state index contributed by atoms with van der Waals surface area (Å²) >= 11 is 0. The lowest BCUT2D eigenvalue weighted by Gasteiger charge is -2.29. The SMILES string of the molecule is CCOC(=O)c1nnn(CC(=O)N2N=C3/C(=C/c4ccc(C)cc4)CCC[C@H]3[C@H]2c2ccc(C)cc2)c1C(=O)OCC. The second kappa shape index (κ2) is 12.5. The third-order valence-electron chi connectivity index (χ3n) is 7.55. The van der Waals surface area contributed by atoms with Gasteiger partial charge in [0.2, 0.25) is 5.69 Å². The van der Waals surface area contributed by atoms with Crippen LogP contribution in [0.2, 0.25) is 0 Å². The summed E-state index contributed by atoms with van der Waals surface area (Å²) in [5.74, 6) is -1.99. The lowest BCUT2D eigenvalue weighted by Crippen LogP contribution is -2.34. The van der Waals surface area contributed by atoms with Crippen LogP contribution in [0.4, 0.5) is 0 Å². The molecule has 1 aromatic heterocycles. The number of aryl methyl sites for hydroxylation is 2. The van der Waals surface area contributed by atoms with Crippen LogP contribution in [0.25, 0.3) is 6.08 Å². The Labute approximate surface area is 245 Å². The average molecular weight is 570 g/mol. The van der Waals surface area contributed by atoms with Crippen molar-refractivity contribution in [3.8, 4) is 0 Å². The zero-order valence-corrected chi connectivity index (χ0v) is 24.4. The zero-order valence-electron chi connectivity index (χ0n) is 24.4. The monoisotopic (exact) mass is 569 g/mol. The summed E-state index contributed by atoms with van der Waals surface area (Å²) in [6.07, 6.45) is 4.89. The Kier molecular flexibility index (Phi) is 8.61. The fourth-order valence-corrected chi connectivity index (χ4v) is 5.53. The lowest BCUT2D eigenvalue weighted by molar-refractivity contribution is -0.134. The van der Waals surface area contributed by atoms with Crippen molar-refractivity contribution in [2.45, 2.75) is 59.5 Å². The molecule has 0 spiro atoms. The van der Waals surface area contributed by atoms with E-state index in [0.717, 1.165) is 51.9 Å². The smallest absolute Gasteiger partial charge is 0.361 e. The fourth-order valence-electron chi connectivity index (χ4n) is 5.53. The second-order valence-electron chi connectivity index (χ2n) is 10.5. The van der Waals surface area contributed by atoms with Gasteiger partial charge in [0.1, 0.15) is 6.54 Å². The van der Waals surface area contributed by atoms with E-state index in [-0.39, 0.29) is 49.0 Å². The standard InChI is InChI=1S/C32H35N5O5/c1-5-41-31(39)28-30(32(40)42-6-2)36(35-33-28)19-26(38)37-29(23-16-12-21(4)13-17-23)25-9-7-8-24(27(25)34-37)18-22-14-10-20(3)11-15-22/h10-18,25,29H,5-9,19H2,1-4H3/b24-18+/t25-,29-/m1/s1. The van der Waals surface area contributed by atoms with Crippen LogP contribution in [-0.4, -0.2) is 56.8 Å². The molecular formula is C32H35N5O5. The van der Waals surface area contributed by atoms with Crippen molar-refractivity contribution in [2.24, 2.45) is 11.0 Å². The number of aromatic nitrogens is 3. The first-order valence-corrected chi connectivity index (χ1v) is 14.3. The number of allylic oxidation sites excluding steroid dienone is 1. The molecule has 1 fully saturated rings. The van der Waals surface area contributed by atoms with Crippen molar-refractivity contribution in [2.75, 3.05) is 13.2 Å². The predicted molar refractivity (Wildman–Crippen MR) is 157 cm³/mol. The molecule has 218 valence electrons. The summed E-state index contributed by atoms with van der Waals surface area (Å²) in [5.41, 5.74) is 5.87. The lowest BCUT2D eigenvalue weighted by atomic mass is 9.77. The van der Waals surface area contributed by atoms with E-state index in [1.54, 1.807) is 13.8 Å². The van der Waals surface area contributed by atoms with Crippen molar-refractivity contribution < 1.29 is 23.9 Å². The van der Waals surface area contributed by atoms with Crippen LogP contribution in [-0.2, 0) is 20.8 Å². The highest BCUT2D eigenvalue weighted by atomic mass is 16.5. The summed E-state index contributed by atoms with van der Waals surface area (Å²) in [5, 5.41) is 14.3. The minimum absolute atomic E-state index is 0.0115. The number of rotatable bonds is 8. The van der Waals surface area contributed by atoms with Gasteiger partial charge in [0.25, 0.3) is 5.91 Å². The minimum atomic E-state index is -0.810. The van der Waals surface area contributed by atoms with Crippen LogP contribution < -0.4 is 0 Å². The number of amides is 1.